The predicted molar refractivity (Wildman–Crippen MR) is 126 cm³/mol. The summed E-state index contributed by atoms with van der Waals surface area (Å²) >= 11 is 1.04. The van der Waals surface area contributed by atoms with Crippen molar-refractivity contribution in [3.63, 3.8) is 0 Å². The van der Waals surface area contributed by atoms with E-state index in [2.05, 4.69) is 25.2 Å². The fourth-order valence-corrected chi connectivity index (χ4v) is 6.00. The zero-order valence-corrected chi connectivity index (χ0v) is 20.3. The summed E-state index contributed by atoms with van der Waals surface area (Å²) in [6, 6.07) is 8.14. The number of sulfone groups is 1. The van der Waals surface area contributed by atoms with Crippen LogP contribution in [0.4, 0.5) is 10.9 Å². The Balaban J connectivity index is 1.44. The Kier molecular flexibility index (Phi) is 7.41. The number of anilines is 2. The van der Waals surface area contributed by atoms with Crippen molar-refractivity contribution in [1.29, 1.82) is 0 Å². The summed E-state index contributed by atoms with van der Waals surface area (Å²) in [5.41, 5.74) is 0. The molecule has 0 amide bonds. The first-order valence-electron chi connectivity index (χ1n) is 10.9. The van der Waals surface area contributed by atoms with Gasteiger partial charge in [0.1, 0.15) is 28.2 Å². The molecule has 1 saturated heterocycles. The fourth-order valence-electron chi connectivity index (χ4n) is 3.53. The van der Waals surface area contributed by atoms with E-state index in [4.69, 9.17) is 9.47 Å². The summed E-state index contributed by atoms with van der Waals surface area (Å²) in [6.07, 6.45) is 3.82. The molecule has 0 aliphatic carbocycles. The molecule has 3 heterocycles. The van der Waals surface area contributed by atoms with Gasteiger partial charge in [0.25, 0.3) is 0 Å². The van der Waals surface area contributed by atoms with Crippen LogP contribution in [0.15, 0.2) is 45.6 Å². The lowest BCUT2D eigenvalue weighted by Gasteiger charge is -2.15. The molecule has 0 unspecified atom stereocenters. The van der Waals surface area contributed by atoms with E-state index in [0.29, 0.717) is 41.6 Å². The zero-order chi connectivity index (χ0) is 23.3. The van der Waals surface area contributed by atoms with E-state index in [-0.39, 0.29) is 9.10 Å². The third kappa shape index (κ3) is 5.98. The minimum atomic E-state index is -3.71. The first-order valence-corrected chi connectivity index (χ1v) is 13.2. The van der Waals surface area contributed by atoms with Gasteiger partial charge >= 0.3 is 0 Å². The highest BCUT2D eigenvalue weighted by atomic mass is 32.2. The average molecular weight is 490 g/mol. The van der Waals surface area contributed by atoms with Crippen molar-refractivity contribution in [3.8, 4) is 11.6 Å². The topological polar surface area (TPSA) is 107 Å². The van der Waals surface area contributed by atoms with Gasteiger partial charge in [-0.15, -0.1) is 0 Å². The monoisotopic (exact) mass is 489 g/mol. The molecule has 1 aromatic carbocycles. The largest absolute Gasteiger partial charge is 0.494 e. The minimum absolute atomic E-state index is 0.131. The molecule has 2 aromatic heterocycles. The Morgan fingerprint density at radius 2 is 1.97 bits per heavy atom. The molecular formula is C22H27N5O4S2. The Labute approximate surface area is 197 Å². The summed E-state index contributed by atoms with van der Waals surface area (Å²) in [5.74, 6) is 2.03. The number of hydrogen-bond donors (Lipinski definition) is 1. The average Bonchev–Trinajstić information content (AvgIpc) is 3.46. The molecule has 176 valence electrons. The lowest BCUT2D eigenvalue weighted by atomic mass is 10.3. The van der Waals surface area contributed by atoms with E-state index in [1.54, 1.807) is 31.2 Å². The second-order valence-electron chi connectivity index (χ2n) is 7.56. The molecule has 3 aromatic rings. The number of benzene rings is 1. The molecule has 0 spiro atoms. The minimum Gasteiger partial charge on any atom is -0.494 e. The quantitative estimate of drug-likeness (QED) is 0.456. The number of ether oxygens (including phenoxy) is 2. The van der Waals surface area contributed by atoms with Crippen LogP contribution in [0.1, 0.15) is 25.6 Å². The van der Waals surface area contributed by atoms with Crippen LogP contribution in [-0.2, 0) is 9.84 Å². The lowest BCUT2D eigenvalue weighted by molar-refractivity contribution is 0.231. The van der Waals surface area contributed by atoms with Crippen molar-refractivity contribution in [2.24, 2.45) is 0 Å². The van der Waals surface area contributed by atoms with Gasteiger partial charge in [-0.3, -0.25) is 4.90 Å². The summed E-state index contributed by atoms with van der Waals surface area (Å²) in [7, 11) is -3.71. The maximum absolute atomic E-state index is 13.0. The number of thiazole rings is 1. The standard InChI is InChI=1S/C22H27N5O4S2/c1-3-30-17-7-6-8-18(13-17)33(28,29)21-15-23-22(32-21)26-19-14-20(25-16(2)24-19)31-12-11-27-9-4-5-10-27/h6-8,13-15H,3-5,9-12H2,1-2H3,(H,23,24,25,26). The molecule has 1 fully saturated rings. The summed E-state index contributed by atoms with van der Waals surface area (Å²) in [6.45, 7) is 7.73. The highest BCUT2D eigenvalue weighted by Crippen LogP contribution is 2.31. The Hall–Kier alpha value is -2.76. The van der Waals surface area contributed by atoms with E-state index in [0.717, 1.165) is 31.0 Å². The van der Waals surface area contributed by atoms with Crippen molar-refractivity contribution in [1.82, 2.24) is 19.9 Å². The van der Waals surface area contributed by atoms with Crippen LogP contribution in [0.3, 0.4) is 0 Å². The molecule has 1 aliphatic heterocycles. The van der Waals surface area contributed by atoms with Gasteiger partial charge < -0.3 is 14.8 Å². The zero-order valence-electron chi connectivity index (χ0n) is 18.7. The van der Waals surface area contributed by atoms with Gasteiger partial charge in [0.2, 0.25) is 15.7 Å². The SMILES string of the molecule is CCOc1cccc(S(=O)(=O)c2cnc(Nc3cc(OCCN4CCCC4)nc(C)n3)s2)c1. The Bertz CT molecular complexity index is 1190. The number of aryl methyl sites for hydroxylation is 1. The van der Waals surface area contributed by atoms with E-state index in [1.165, 1.54) is 25.1 Å². The van der Waals surface area contributed by atoms with Crippen LogP contribution in [0.25, 0.3) is 0 Å². The Morgan fingerprint density at radius 3 is 2.76 bits per heavy atom. The van der Waals surface area contributed by atoms with E-state index >= 15 is 0 Å². The van der Waals surface area contributed by atoms with Gasteiger partial charge in [0.05, 0.1) is 17.7 Å². The van der Waals surface area contributed by atoms with Crippen LogP contribution in [-0.4, -0.2) is 61.1 Å². The molecule has 4 rings (SSSR count). The molecule has 0 bridgehead atoms. The first kappa shape index (κ1) is 23.4. The van der Waals surface area contributed by atoms with Gasteiger partial charge in [-0.25, -0.2) is 18.4 Å². The molecule has 0 radical (unpaired) electrons. The number of nitrogens with zero attached hydrogens (tertiary/aromatic N) is 4. The van der Waals surface area contributed by atoms with Crippen molar-refractivity contribution in [3.05, 3.63) is 42.4 Å². The third-order valence-electron chi connectivity index (χ3n) is 5.08. The fraction of sp³-hybridized carbons (Fsp3) is 0.409. The van der Waals surface area contributed by atoms with Crippen molar-refractivity contribution in [2.45, 2.75) is 35.8 Å². The van der Waals surface area contributed by atoms with Crippen LogP contribution in [0.5, 0.6) is 11.6 Å². The van der Waals surface area contributed by atoms with E-state index in [1.807, 2.05) is 6.92 Å². The van der Waals surface area contributed by atoms with Crippen LogP contribution < -0.4 is 14.8 Å². The van der Waals surface area contributed by atoms with Crippen LogP contribution >= 0.6 is 11.3 Å². The predicted octanol–water partition coefficient (Wildman–Crippen LogP) is 3.69. The maximum Gasteiger partial charge on any atom is 0.218 e. The van der Waals surface area contributed by atoms with Crippen molar-refractivity contribution >= 4 is 32.1 Å². The highest BCUT2D eigenvalue weighted by Gasteiger charge is 2.22. The van der Waals surface area contributed by atoms with Gasteiger partial charge in [-0.2, -0.15) is 4.98 Å². The normalized spacial score (nSPS) is 14.4. The number of rotatable bonds is 10. The van der Waals surface area contributed by atoms with Crippen molar-refractivity contribution < 1.29 is 17.9 Å². The van der Waals surface area contributed by atoms with Gasteiger partial charge in [0.15, 0.2) is 5.13 Å². The number of nitrogens with one attached hydrogen (secondary N) is 1. The molecular weight excluding hydrogens is 462 g/mol. The Morgan fingerprint density at radius 1 is 1.15 bits per heavy atom. The maximum atomic E-state index is 13.0. The van der Waals surface area contributed by atoms with E-state index < -0.39 is 9.84 Å². The second-order valence-corrected chi connectivity index (χ2v) is 10.8. The molecule has 0 saturated carbocycles. The molecule has 33 heavy (non-hydrogen) atoms. The van der Waals surface area contributed by atoms with E-state index in [9.17, 15) is 8.42 Å². The first-order chi connectivity index (χ1) is 15.9. The molecule has 1 aliphatic rings. The highest BCUT2D eigenvalue weighted by molar-refractivity contribution is 7.93. The third-order valence-corrected chi connectivity index (χ3v) is 8.21. The van der Waals surface area contributed by atoms with Crippen molar-refractivity contribution in [2.75, 3.05) is 38.2 Å². The number of hydrogen-bond acceptors (Lipinski definition) is 10. The number of aromatic nitrogens is 3. The van der Waals surface area contributed by atoms with Crippen LogP contribution in [0, 0.1) is 6.92 Å². The van der Waals surface area contributed by atoms with Gasteiger partial charge in [0, 0.05) is 12.6 Å². The van der Waals surface area contributed by atoms with Crippen LogP contribution in [0.2, 0.25) is 0 Å². The second kappa shape index (κ2) is 10.4. The molecule has 11 heteroatoms. The molecule has 9 nitrogen and oxygen atoms in total. The smallest absolute Gasteiger partial charge is 0.218 e. The molecule has 1 N–H and O–H groups in total. The number of likely N-dealkylation sites (tertiary alicyclic amines) is 1. The lowest BCUT2D eigenvalue weighted by Crippen LogP contribution is -2.25. The summed E-state index contributed by atoms with van der Waals surface area (Å²) in [5, 5.41) is 3.48. The van der Waals surface area contributed by atoms with Gasteiger partial charge in [-0.05, 0) is 58.0 Å². The summed E-state index contributed by atoms with van der Waals surface area (Å²) < 4.78 is 37.4. The molecule has 0 atom stereocenters. The summed E-state index contributed by atoms with van der Waals surface area (Å²) in [4.78, 5) is 15.5. The van der Waals surface area contributed by atoms with Gasteiger partial charge in [-0.1, -0.05) is 17.4 Å².